The highest BCUT2D eigenvalue weighted by atomic mass is 32.2. The molecule has 0 amide bonds. The van der Waals surface area contributed by atoms with Gasteiger partial charge in [-0.1, -0.05) is 19.3 Å². The molecule has 0 bridgehead atoms. The maximum atomic E-state index is 11.6. The summed E-state index contributed by atoms with van der Waals surface area (Å²) < 4.78 is 11.6. The monoisotopic (exact) mass is 298 g/mol. The molecule has 1 N–H and O–H groups in total. The van der Waals surface area contributed by atoms with Crippen molar-refractivity contribution in [3.8, 4) is 0 Å². The molecule has 2 aliphatic heterocycles. The molecule has 0 aromatic carbocycles. The largest absolute Gasteiger partial charge is 0.312 e. The summed E-state index contributed by atoms with van der Waals surface area (Å²) in [5.41, 5.74) is 0. The molecule has 3 aliphatic rings. The summed E-state index contributed by atoms with van der Waals surface area (Å²) in [7, 11) is -0.525. The molecule has 2 saturated heterocycles. The van der Waals surface area contributed by atoms with Gasteiger partial charge in [-0.05, 0) is 51.1 Å². The quantitative estimate of drug-likeness (QED) is 0.848. The first-order valence-corrected chi connectivity index (χ1v) is 10.1. The topological polar surface area (TPSA) is 32.3 Å². The molecule has 0 spiro atoms. The van der Waals surface area contributed by atoms with E-state index in [4.69, 9.17) is 0 Å². The molecule has 20 heavy (non-hydrogen) atoms. The lowest BCUT2D eigenvalue weighted by molar-refractivity contribution is 0.154. The van der Waals surface area contributed by atoms with Crippen molar-refractivity contribution in [2.75, 3.05) is 31.1 Å². The Balaban J connectivity index is 1.58. The Labute approximate surface area is 126 Å². The minimum absolute atomic E-state index is 0.525. The molecule has 1 unspecified atom stereocenters. The summed E-state index contributed by atoms with van der Waals surface area (Å²) in [5, 5.41) is 3.83. The molecular weight excluding hydrogens is 268 g/mol. The van der Waals surface area contributed by atoms with Crippen molar-refractivity contribution in [2.24, 2.45) is 5.92 Å². The van der Waals surface area contributed by atoms with Crippen molar-refractivity contribution in [3.05, 3.63) is 0 Å². The van der Waals surface area contributed by atoms with Crippen molar-refractivity contribution >= 4 is 10.8 Å². The van der Waals surface area contributed by atoms with Crippen molar-refractivity contribution in [2.45, 2.75) is 63.5 Å². The van der Waals surface area contributed by atoms with Gasteiger partial charge in [0.1, 0.15) is 0 Å². The van der Waals surface area contributed by atoms with E-state index in [1.165, 1.54) is 58.2 Å². The predicted molar refractivity (Wildman–Crippen MR) is 85.5 cm³/mol. The van der Waals surface area contributed by atoms with Crippen LogP contribution < -0.4 is 5.32 Å². The van der Waals surface area contributed by atoms with Crippen LogP contribution in [0.5, 0.6) is 0 Å². The molecule has 3 rings (SSSR count). The summed E-state index contributed by atoms with van der Waals surface area (Å²) in [6, 6.07) is 1.42. The fraction of sp³-hybridized carbons (Fsp3) is 1.00. The van der Waals surface area contributed by atoms with Gasteiger partial charge in [0.05, 0.1) is 0 Å². The van der Waals surface area contributed by atoms with E-state index >= 15 is 0 Å². The summed E-state index contributed by atoms with van der Waals surface area (Å²) in [4.78, 5) is 2.73. The van der Waals surface area contributed by atoms with Crippen LogP contribution in [0.1, 0.15) is 51.4 Å². The molecule has 0 aromatic heterocycles. The van der Waals surface area contributed by atoms with E-state index in [0.717, 1.165) is 30.3 Å². The Morgan fingerprint density at radius 3 is 2.45 bits per heavy atom. The highest BCUT2D eigenvalue weighted by Gasteiger charge is 2.31. The van der Waals surface area contributed by atoms with Crippen LogP contribution in [-0.4, -0.2) is 52.3 Å². The second-order valence-electron chi connectivity index (χ2n) is 6.89. The van der Waals surface area contributed by atoms with Crippen LogP contribution in [-0.2, 0) is 10.8 Å². The summed E-state index contributed by atoms with van der Waals surface area (Å²) in [6.45, 7) is 3.67. The number of hydrogen-bond donors (Lipinski definition) is 1. The lowest BCUT2D eigenvalue weighted by Crippen LogP contribution is -2.48. The molecule has 1 aliphatic carbocycles. The molecule has 3 fully saturated rings. The lowest BCUT2D eigenvalue weighted by atomic mass is 9.83. The van der Waals surface area contributed by atoms with E-state index < -0.39 is 10.8 Å². The first-order chi connectivity index (χ1) is 9.83. The first-order valence-electron chi connectivity index (χ1n) is 8.65. The van der Waals surface area contributed by atoms with Gasteiger partial charge in [0.2, 0.25) is 0 Å². The van der Waals surface area contributed by atoms with Gasteiger partial charge in [-0.3, -0.25) is 9.11 Å². The van der Waals surface area contributed by atoms with Crippen LogP contribution in [0.3, 0.4) is 0 Å². The Morgan fingerprint density at radius 1 is 0.950 bits per heavy atom. The zero-order valence-corrected chi connectivity index (χ0v) is 13.5. The van der Waals surface area contributed by atoms with E-state index in [1.54, 1.807) is 0 Å². The Kier molecular flexibility index (Phi) is 5.52. The van der Waals surface area contributed by atoms with E-state index in [1.807, 2.05) is 0 Å². The van der Waals surface area contributed by atoms with Crippen LogP contribution in [0.15, 0.2) is 0 Å². The Hall–Kier alpha value is 0.0700. The predicted octanol–water partition coefficient (Wildman–Crippen LogP) is 2.14. The van der Waals surface area contributed by atoms with Gasteiger partial charge in [-0.25, -0.2) is 0 Å². The van der Waals surface area contributed by atoms with Crippen LogP contribution in [0.2, 0.25) is 0 Å². The highest BCUT2D eigenvalue weighted by Crippen LogP contribution is 2.28. The van der Waals surface area contributed by atoms with E-state index in [0.29, 0.717) is 12.1 Å². The third kappa shape index (κ3) is 3.83. The minimum atomic E-state index is -0.525. The fourth-order valence-electron chi connectivity index (χ4n) is 4.31. The molecule has 4 heteroatoms. The normalized spacial score (nSPS) is 38.5. The third-order valence-corrected chi connectivity index (χ3v) is 6.93. The Bertz CT molecular complexity index is 320. The van der Waals surface area contributed by atoms with Crippen LogP contribution >= 0.6 is 0 Å². The second kappa shape index (κ2) is 7.37. The molecule has 2 heterocycles. The molecule has 1 atom stereocenters. The second-order valence-corrected chi connectivity index (χ2v) is 8.58. The average Bonchev–Trinajstić information content (AvgIpc) is 2.75. The SMILES string of the molecule is O=S1CCC(N2CCCNC(C3CCCCC3)C2)CC1. The fourth-order valence-corrected chi connectivity index (χ4v) is 5.58. The molecule has 0 aromatic rings. The number of nitrogens with one attached hydrogen (secondary N) is 1. The maximum Gasteiger partial charge on any atom is 0.0249 e. The molecule has 3 nitrogen and oxygen atoms in total. The van der Waals surface area contributed by atoms with E-state index in [9.17, 15) is 4.21 Å². The van der Waals surface area contributed by atoms with Crippen molar-refractivity contribution in [3.63, 3.8) is 0 Å². The smallest absolute Gasteiger partial charge is 0.0249 e. The van der Waals surface area contributed by atoms with Crippen molar-refractivity contribution in [1.82, 2.24) is 10.2 Å². The third-order valence-electron chi connectivity index (χ3n) is 5.55. The van der Waals surface area contributed by atoms with Gasteiger partial charge in [-0.15, -0.1) is 0 Å². The van der Waals surface area contributed by atoms with E-state index in [-0.39, 0.29) is 0 Å². The summed E-state index contributed by atoms with van der Waals surface area (Å²) >= 11 is 0. The maximum absolute atomic E-state index is 11.6. The van der Waals surface area contributed by atoms with Gasteiger partial charge in [-0.2, -0.15) is 0 Å². The summed E-state index contributed by atoms with van der Waals surface area (Å²) in [5.74, 6) is 2.77. The molecule has 0 radical (unpaired) electrons. The van der Waals surface area contributed by atoms with Crippen LogP contribution in [0, 0.1) is 5.92 Å². The lowest BCUT2D eigenvalue weighted by Gasteiger charge is -2.37. The number of rotatable bonds is 2. The van der Waals surface area contributed by atoms with Gasteiger partial charge in [0.25, 0.3) is 0 Å². The average molecular weight is 298 g/mol. The van der Waals surface area contributed by atoms with Gasteiger partial charge >= 0.3 is 0 Å². The minimum Gasteiger partial charge on any atom is -0.312 e. The van der Waals surface area contributed by atoms with Crippen molar-refractivity contribution < 1.29 is 4.21 Å². The number of hydrogen-bond acceptors (Lipinski definition) is 3. The first kappa shape index (κ1) is 15.0. The molecule has 1 saturated carbocycles. The van der Waals surface area contributed by atoms with Crippen molar-refractivity contribution in [1.29, 1.82) is 0 Å². The summed E-state index contributed by atoms with van der Waals surface area (Å²) in [6.07, 6.45) is 10.8. The molecule has 116 valence electrons. The zero-order chi connectivity index (χ0) is 13.8. The highest BCUT2D eigenvalue weighted by molar-refractivity contribution is 7.85. The van der Waals surface area contributed by atoms with Crippen LogP contribution in [0.25, 0.3) is 0 Å². The van der Waals surface area contributed by atoms with Gasteiger partial charge < -0.3 is 5.32 Å². The van der Waals surface area contributed by atoms with Gasteiger partial charge in [0, 0.05) is 40.9 Å². The Morgan fingerprint density at radius 2 is 1.70 bits per heavy atom. The van der Waals surface area contributed by atoms with E-state index in [2.05, 4.69) is 10.2 Å². The standard InChI is InChI=1S/C16H30N2OS/c19-20-11-7-15(8-12-20)18-10-4-9-17-16(13-18)14-5-2-1-3-6-14/h14-17H,1-13H2. The van der Waals surface area contributed by atoms with Crippen LogP contribution in [0.4, 0.5) is 0 Å². The zero-order valence-electron chi connectivity index (χ0n) is 12.7. The molecular formula is C16H30N2OS. The van der Waals surface area contributed by atoms with Gasteiger partial charge in [0.15, 0.2) is 0 Å². The number of nitrogens with zero attached hydrogens (tertiary/aromatic N) is 1.